The molecule has 0 aliphatic heterocycles. The molecule has 5 heteroatoms. The Morgan fingerprint density at radius 3 is 3.12 bits per heavy atom. The Kier molecular flexibility index (Phi) is 1.83. The molecule has 16 heavy (non-hydrogen) atoms. The van der Waals surface area contributed by atoms with Crippen LogP contribution in [0.5, 0.6) is 0 Å². The van der Waals surface area contributed by atoms with Gasteiger partial charge in [-0.05, 0) is 12.1 Å². The normalized spacial score (nSPS) is 10.8. The highest BCUT2D eigenvalue weighted by Gasteiger charge is 2.16. The van der Waals surface area contributed by atoms with Gasteiger partial charge in [-0.2, -0.15) is 5.10 Å². The molecular weight excluding hydrogens is 206 g/mol. The van der Waals surface area contributed by atoms with E-state index < -0.39 is 0 Å². The van der Waals surface area contributed by atoms with Gasteiger partial charge in [0.25, 0.3) is 0 Å². The van der Waals surface area contributed by atoms with Crippen LogP contribution in [0.1, 0.15) is 16.1 Å². The summed E-state index contributed by atoms with van der Waals surface area (Å²) in [6.07, 6.45) is 7.89. The summed E-state index contributed by atoms with van der Waals surface area (Å²) in [7, 11) is 0. The van der Waals surface area contributed by atoms with E-state index >= 15 is 0 Å². The van der Waals surface area contributed by atoms with Crippen LogP contribution in [0.3, 0.4) is 0 Å². The SMILES string of the molecule is O=C(c1ccco1)c1cnn2ccncc12. The van der Waals surface area contributed by atoms with Crippen LogP contribution in [0.25, 0.3) is 5.52 Å². The average Bonchev–Trinajstić information content (AvgIpc) is 2.98. The molecule has 3 heterocycles. The molecule has 0 atom stereocenters. The van der Waals surface area contributed by atoms with Gasteiger partial charge in [0.15, 0.2) is 5.76 Å². The standard InChI is InChI=1S/C11H7N3O2/c15-11(10-2-1-5-16-10)8-6-13-14-4-3-12-7-9(8)14/h1-7H. The number of furan rings is 1. The molecule has 5 nitrogen and oxygen atoms in total. The van der Waals surface area contributed by atoms with Crippen LogP contribution in [0.2, 0.25) is 0 Å². The van der Waals surface area contributed by atoms with Crippen molar-refractivity contribution in [3.63, 3.8) is 0 Å². The van der Waals surface area contributed by atoms with E-state index in [0.717, 1.165) is 0 Å². The van der Waals surface area contributed by atoms with Crippen LogP contribution >= 0.6 is 0 Å². The molecule has 0 saturated heterocycles. The monoisotopic (exact) mass is 213 g/mol. The summed E-state index contributed by atoms with van der Waals surface area (Å²) < 4.78 is 6.66. The number of fused-ring (bicyclic) bond motifs is 1. The maximum atomic E-state index is 12.0. The number of aromatic nitrogens is 3. The maximum Gasteiger partial charge on any atom is 0.232 e. The fourth-order valence-corrected chi connectivity index (χ4v) is 1.55. The molecule has 0 spiro atoms. The van der Waals surface area contributed by atoms with E-state index in [9.17, 15) is 4.79 Å². The van der Waals surface area contributed by atoms with E-state index in [1.54, 1.807) is 35.2 Å². The van der Waals surface area contributed by atoms with Crippen molar-refractivity contribution in [2.24, 2.45) is 0 Å². The summed E-state index contributed by atoms with van der Waals surface area (Å²) in [5, 5.41) is 4.06. The van der Waals surface area contributed by atoms with Gasteiger partial charge in [0, 0.05) is 12.4 Å². The van der Waals surface area contributed by atoms with Crippen molar-refractivity contribution in [1.29, 1.82) is 0 Å². The molecule has 78 valence electrons. The van der Waals surface area contributed by atoms with Crippen molar-refractivity contribution in [2.45, 2.75) is 0 Å². The van der Waals surface area contributed by atoms with Gasteiger partial charge in [0.2, 0.25) is 5.78 Å². The zero-order valence-electron chi connectivity index (χ0n) is 8.20. The number of ketones is 1. The van der Waals surface area contributed by atoms with E-state index in [2.05, 4.69) is 10.1 Å². The van der Waals surface area contributed by atoms with E-state index in [-0.39, 0.29) is 5.78 Å². The van der Waals surface area contributed by atoms with E-state index in [1.807, 2.05) is 0 Å². The Morgan fingerprint density at radius 1 is 1.38 bits per heavy atom. The highest BCUT2D eigenvalue weighted by Crippen LogP contribution is 2.14. The van der Waals surface area contributed by atoms with Crippen LogP contribution in [0.4, 0.5) is 0 Å². The van der Waals surface area contributed by atoms with Crippen LogP contribution in [0.15, 0.2) is 47.6 Å². The quantitative estimate of drug-likeness (QED) is 0.606. The Morgan fingerprint density at radius 2 is 2.31 bits per heavy atom. The molecule has 0 unspecified atom stereocenters. The van der Waals surface area contributed by atoms with Crippen LogP contribution in [-0.2, 0) is 0 Å². The molecule has 0 radical (unpaired) electrons. The lowest BCUT2D eigenvalue weighted by Gasteiger charge is -1.94. The van der Waals surface area contributed by atoms with E-state index in [1.165, 1.54) is 12.5 Å². The second kappa shape index (κ2) is 3.30. The van der Waals surface area contributed by atoms with E-state index in [0.29, 0.717) is 16.8 Å². The lowest BCUT2D eigenvalue weighted by Crippen LogP contribution is -1.99. The Labute approximate surface area is 90.3 Å². The predicted octanol–water partition coefficient (Wildman–Crippen LogP) is 1.55. The van der Waals surface area contributed by atoms with Gasteiger partial charge in [0.1, 0.15) is 0 Å². The smallest absolute Gasteiger partial charge is 0.232 e. The third-order valence-electron chi connectivity index (χ3n) is 2.31. The van der Waals surface area contributed by atoms with Crippen LogP contribution < -0.4 is 0 Å². The highest BCUT2D eigenvalue weighted by molar-refractivity contribution is 6.11. The van der Waals surface area contributed by atoms with Gasteiger partial charge in [-0.25, -0.2) is 4.52 Å². The van der Waals surface area contributed by atoms with Crippen LogP contribution in [0, 0.1) is 0 Å². The van der Waals surface area contributed by atoms with Gasteiger partial charge < -0.3 is 4.42 Å². The Hall–Kier alpha value is -2.43. The minimum absolute atomic E-state index is 0.187. The topological polar surface area (TPSA) is 60.4 Å². The second-order valence-electron chi connectivity index (χ2n) is 3.27. The predicted molar refractivity (Wildman–Crippen MR) is 55.1 cm³/mol. The number of carbonyl (C=O) groups is 1. The molecule has 0 aliphatic rings. The fraction of sp³-hybridized carbons (Fsp3) is 0. The van der Waals surface area contributed by atoms with E-state index in [4.69, 9.17) is 4.42 Å². The molecule has 0 N–H and O–H groups in total. The summed E-state index contributed by atoms with van der Waals surface area (Å²) >= 11 is 0. The average molecular weight is 213 g/mol. The zero-order valence-corrected chi connectivity index (χ0v) is 8.20. The summed E-state index contributed by atoms with van der Waals surface area (Å²) in [5.41, 5.74) is 1.16. The maximum absolute atomic E-state index is 12.0. The summed E-state index contributed by atoms with van der Waals surface area (Å²) in [6.45, 7) is 0. The number of rotatable bonds is 2. The van der Waals surface area contributed by atoms with Crippen molar-refractivity contribution >= 4 is 11.3 Å². The van der Waals surface area contributed by atoms with Crippen molar-refractivity contribution in [3.05, 3.63) is 54.5 Å². The molecule has 0 amide bonds. The van der Waals surface area contributed by atoms with Crippen molar-refractivity contribution in [1.82, 2.24) is 14.6 Å². The van der Waals surface area contributed by atoms with Gasteiger partial charge in [-0.3, -0.25) is 9.78 Å². The molecule has 3 rings (SSSR count). The second-order valence-corrected chi connectivity index (χ2v) is 3.27. The van der Waals surface area contributed by atoms with Gasteiger partial charge in [-0.15, -0.1) is 0 Å². The molecule has 3 aromatic rings. The Bertz CT molecular complexity index is 640. The molecule has 0 aromatic carbocycles. The summed E-state index contributed by atoms with van der Waals surface area (Å²) in [6, 6.07) is 3.30. The van der Waals surface area contributed by atoms with Gasteiger partial charge in [-0.1, -0.05) is 0 Å². The fourth-order valence-electron chi connectivity index (χ4n) is 1.55. The van der Waals surface area contributed by atoms with Gasteiger partial charge >= 0.3 is 0 Å². The zero-order chi connectivity index (χ0) is 11.0. The largest absolute Gasteiger partial charge is 0.461 e. The number of hydrogen-bond acceptors (Lipinski definition) is 4. The van der Waals surface area contributed by atoms with Crippen molar-refractivity contribution in [2.75, 3.05) is 0 Å². The lowest BCUT2D eigenvalue weighted by molar-refractivity contribution is 0.101. The molecule has 0 bridgehead atoms. The highest BCUT2D eigenvalue weighted by atomic mass is 16.3. The number of hydrogen-bond donors (Lipinski definition) is 0. The lowest BCUT2D eigenvalue weighted by atomic mass is 10.1. The minimum Gasteiger partial charge on any atom is -0.461 e. The molecule has 0 saturated carbocycles. The molecule has 0 fully saturated rings. The number of carbonyl (C=O) groups excluding carboxylic acids is 1. The first kappa shape index (κ1) is 8.84. The first-order valence-electron chi connectivity index (χ1n) is 4.72. The van der Waals surface area contributed by atoms with Crippen LogP contribution in [-0.4, -0.2) is 20.4 Å². The van der Waals surface area contributed by atoms with Gasteiger partial charge in [0.05, 0.1) is 29.7 Å². The molecular formula is C11H7N3O2. The van der Waals surface area contributed by atoms with Crippen molar-refractivity contribution in [3.8, 4) is 0 Å². The number of nitrogens with zero attached hydrogens (tertiary/aromatic N) is 3. The Balaban J connectivity index is 2.16. The molecule has 0 aliphatic carbocycles. The first-order chi connectivity index (χ1) is 7.86. The summed E-state index contributed by atoms with van der Waals surface area (Å²) in [4.78, 5) is 16.0. The third kappa shape index (κ3) is 1.22. The molecule has 3 aromatic heterocycles. The first-order valence-corrected chi connectivity index (χ1v) is 4.72. The third-order valence-corrected chi connectivity index (χ3v) is 2.31. The minimum atomic E-state index is -0.187. The summed E-state index contributed by atoms with van der Waals surface area (Å²) in [5.74, 6) is 0.117. The van der Waals surface area contributed by atoms with Crippen molar-refractivity contribution < 1.29 is 9.21 Å².